The molecule has 2 aromatic carbocycles. The van der Waals surface area contributed by atoms with Crippen LogP contribution in [0.25, 0.3) is 0 Å². The minimum absolute atomic E-state index is 0.229. The van der Waals surface area contributed by atoms with Crippen LogP contribution in [0.1, 0.15) is 28.5 Å². The second-order valence-electron chi connectivity index (χ2n) is 6.11. The Hall–Kier alpha value is -3.41. The highest BCUT2D eigenvalue weighted by Crippen LogP contribution is 2.24. The lowest BCUT2D eigenvalue weighted by atomic mass is 10.1. The van der Waals surface area contributed by atoms with Gasteiger partial charge in [-0.1, -0.05) is 29.8 Å². The van der Waals surface area contributed by atoms with Crippen molar-refractivity contribution in [1.82, 2.24) is 9.97 Å². The highest BCUT2D eigenvalue weighted by Gasteiger charge is 2.12. The molecule has 6 heteroatoms. The summed E-state index contributed by atoms with van der Waals surface area (Å²) in [6, 6.07) is 13.4. The van der Waals surface area contributed by atoms with Gasteiger partial charge in [-0.3, -0.25) is 4.79 Å². The van der Waals surface area contributed by atoms with E-state index in [1.165, 1.54) is 11.8 Å². The van der Waals surface area contributed by atoms with Gasteiger partial charge in [-0.25, -0.2) is 9.97 Å². The first-order valence-corrected chi connectivity index (χ1v) is 8.76. The molecular weight excluding hydrogens is 340 g/mol. The molecule has 1 heterocycles. The molecule has 3 aromatic rings. The maximum Gasteiger partial charge on any atom is 0.275 e. The number of amides is 1. The number of carbonyl (C=O) groups is 1. The molecule has 0 bridgehead atoms. The van der Waals surface area contributed by atoms with Crippen LogP contribution in [0.5, 0.6) is 5.75 Å². The Morgan fingerprint density at radius 3 is 2.56 bits per heavy atom. The van der Waals surface area contributed by atoms with Gasteiger partial charge < -0.3 is 15.4 Å². The van der Waals surface area contributed by atoms with E-state index in [-0.39, 0.29) is 11.6 Å². The van der Waals surface area contributed by atoms with E-state index in [9.17, 15) is 4.79 Å². The molecular formula is C21H22N4O2. The van der Waals surface area contributed by atoms with Crippen LogP contribution in [0.4, 0.5) is 17.2 Å². The molecule has 2 N–H and O–H groups in total. The summed E-state index contributed by atoms with van der Waals surface area (Å²) in [6.07, 6.45) is 2.99. The van der Waals surface area contributed by atoms with E-state index in [4.69, 9.17) is 4.74 Å². The van der Waals surface area contributed by atoms with Gasteiger partial charge in [0.15, 0.2) is 0 Å². The summed E-state index contributed by atoms with van der Waals surface area (Å²) in [5.74, 6) is 0.857. The molecule has 0 atom stereocenters. The Balaban J connectivity index is 1.70. The molecule has 0 radical (unpaired) electrons. The summed E-state index contributed by atoms with van der Waals surface area (Å²) in [5.41, 5.74) is 4.10. The molecule has 0 unspecified atom stereocenters. The van der Waals surface area contributed by atoms with Crippen LogP contribution in [0.3, 0.4) is 0 Å². The molecule has 0 saturated carbocycles. The van der Waals surface area contributed by atoms with Crippen molar-refractivity contribution in [1.29, 1.82) is 0 Å². The first-order chi connectivity index (χ1) is 13.1. The molecule has 1 aromatic heterocycles. The average molecular weight is 362 g/mol. The molecule has 0 aliphatic heterocycles. The molecule has 0 fully saturated rings. The minimum atomic E-state index is -0.340. The molecule has 3 rings (SSSR count). The smallest absolute Gasteiger partial charge is 0.275 e. The van der Waals surface area contributed by atoms with Crippen molar-refractivity contribution in [3.63, 3.8) is 0 Å². The van der Waals surface area contributed by atoms with Gasteiger partial charge in [0.2, 0.25) is 0 Å². The summed E-state index contributed by atoms with van der Waals surface area (Å²) in [7, 11) is 0. The Bertz CT molecular complexity index is 939. The predicted molar refractivity (Wildman–Crippen MR) is 107 cm³/mol. The van der Waals surface area contributed by atoms with Gasteiger partial charge in [0.25, 0.3) is 5.91 Å². The number of para-hydroxylation sites is 2. The van der Waals surface area contributed by atoms with E-state index in [0.717, 1.165) is 11.3 Å². The van der Waals surface area contributed by atoms with Crippen LogP contribution in [-0.4, -0.2) is 22.5 Å². The Morgan fingerprint density at radius 2 is 1.85 bits per heavy atom. The highest BCUT2D eigenvalue weighted by molar-refractivity contribution is 6.03. The average Bonchev–Trinajstić information content (AvgIpc) is 2.66. The van der Waals surface area contributed by atoms with Crippen LogP contribution >= 0.6 is 0 Å². The molecule has 0 aliphatic carbocycles. The maximum atomic E-state index is 12.4. The molecule has 0 aliphatic rings. The number of rotatable bonds is 6. The zero-order valence-corrected chi connectivity index (χ0v) is 15.6. The monoisotopic (exact) mass is 362 g/mol. The lowest BCUT2D eigenvalue weighted by molar-refractivity contribution is 0.102. The van der Waals surface area contributed by atoms with E-state index in [1.807, 2.05) is 51.1 Å². The van der Waals surface area contributed by atoms with Gasteiger partial charge in [-0.15, -0.1) is 0 Å². The number of carbonyl (C=O) groups excluding carboxylic acids is 1. The van der Waals surface area contributed by atoms with Crippen molar-refractivity contribution in [3.8, 4) is 5.75 Å². The number of nitrogens with one attached hydrogen (secondary N) is 2. The summed E-state index contributed by atoms with van der Waals surface area (Å²) in [4.78, 5) is 21.0. The fraction of sp³-hybridized carbons (Fsp3) is 0.190. The Morgan fingerprint density at radius 1 is 1.04 bits per heavy atom. The third-order valence-electron chi connectivity index (χ3n) is 3.96. The SMILES string of the molecule is CCOc1ccccc1NC(=O)c1cnc(Nc2ccc(C)cc2C)cn1. The first kappa shape index (κ1) is 18.4. The zero-order chi connectivity index (χ0) is 19.2. The second kappa shape index (κ2) is 8.31. The fourth-order valence-electron chi connectivity index (χ4n) is 2.64. The topological polar surface area (TPSA) is 76.1 Å². The first-order valence-electron chi connectivity index (χ1n) is 8.76. The summed E-state index contributed by atoms with van der Waals surface area (Å²) >= 11 is 0. The molecule has 1 amide bonds. The van der Waals surface area contributed by atoms with Gasteiger partial charge >= 0.3 is 0 Å². The third kappa shape index (κ3) is 4.61. The van der Waals surface area contributed by atoms with Crippen LogP contribution < -0.4 is 15.4 Å². The van der Waals surface area contributed by atoms with Crippen molar-refractivity contribution >= 4 is 23.1 Å². The number of ether oxygens (including phenoxy) is 1. The number of anilines is 3. The standard InChI is InChI=1S/C21H22N4O2/c1-4-27-19-8-6-5-7-17(19)25-21(26)18-12-23-20(13-22-18)24-16-10-9-14(2)11-15(16)3/h5-13H,4H2,1-3H3,(H,23,24)(H,25,26). The molecule has 0 spiro atoms. The third-order valence-corrected chi connectivity index (χ3v) is 3.96. The second-order valence-corrected chi connectivity index (χ2v) is 6.11. The number of hydrogen-bond acceptors (Lipinski definition) is 5. The van der Waals surface area contributed by atoms with E-state index in [0.29, 0.717) is 23.9 Å². The van der Waals surface area contributed by atoms with Crippen molar-refractivity contribution in [3.05, 3.63) is 71.7 Å². The predicted octanol–water partition coefficient (Wildman–Crippen LogP) is 4.49. The fourth-order valence-corrected chi connectivity index (χ4v) is 2.64. The zero-order valence-electron chi connectivity index (χ0n) is 15.6. The van der Waals surface area contributed by atoms with Gasteiger partial charge in [-0.05, 0) is 44.5 Å². The van der Waals surface area contributed by atoms with E-state index >= 15 is 0 Å². The largest absolute Gasteiger partial charge is 0.492 e. The number of hydrogen-bond donors (Lipinski definition) is 2. The Kier molecular flexibility index (Phi) is 5.66. The molecule has 138 valence electrons. The molecule has 0 saturated heterocycles. The van der Waals surface area contributed by atoms with E-state index in [2.05, 4.69) is 26.7 Å². The lowest BCUT2D eigenvalue weighted by Gasteiger charge is -2.11. The summed E-state index contributed by atoms with van der Waals surface area (Å²) < 4.78 is 5.52. The van der Waals surface area contributed by atoms with Crippen LogP contribution in [-0.2, 0) is 0 Å². The maximum absolute atomic E-state index is 12.4. The number of aromatic nitrogens is 2. The summed E-state index contributed by atoms with van der Waals surface area (Å²) in [6.45, 7) is 6.49. The van der Waals surface area contributed by atoms with Crippen molar-refractivity contribution in [2.75, 3.05) is 17.2 Å². The van der Waals surface area contributed by atoms with E-state index < -0.39 is 0 Å². The number of aryl methyl sites for hydroxylation is 2. The van der Waals surface area contributed by atoms with Gasteiger partial charge in [0.05, 0.1) is 24.7 Å². The normalized spacial score (nSPS) is 10.3. The van der Waals surface area contributed by atoms with Crippen molar-refractivity contribution in [2.24, 2.45) is 0 Å². The van der Waals surface area contributed by atoms with Crippen LogP contribution in [0.15, 0.2) is 54.9 Å². The highest BCUT2D eigenvalue weighted by atomic mass is 16.5. The van der Waals surface area contributed by atoms with Gasteiger partial charge in [0, 0.05) is 5.69 Å². The van der Waals surface area contributed by atoms with E-state index in [1.54, 1.807) is 12.3 Å². The quantitative estimate of drug-likeness (QED) is 0.676. The number of nitrogens with zero attached hydrogens (tertiary/aromatic N) is 2. The van der Waals surface area contributed by atoms with Crippen LogP contribution in [0.2, 0.25) is 0 Å². The number of benzene rings is 2. The van der Waals surface area contributed by atoms with Crippen LogP contribution in [0, 0.1) is 13.8 Å². The molecule has 27 heavy (non-hydrogen) atoms. The lowest BCUT2D eigenvalue weighted by Crippen LogP contribution is -2.15. The van der Waals surface area contributed by atoms with Crippen molar-refractivity contribution in [2.45, 2.75) is 20.8 Å². The Labute approximate surface area is 158 Å². The van der Waals surface area contributed by atoms with Gasteiger partial charge in [0.1, 0.15) is 17.3 Å². The summed E-state index contributed by atoms with van der Waals surface area (Å²) in [5, 5.41) is 6.03. The minimum Gasteiger partial charge on any atom is -0.492 e. The van der Waals surface area contributed by atoms with Crippen molar-refractivity contribution < 1.29 is 9.53 Å². The molecule has 6 nitrogen and oxygen atoms in total. The van der Waals surface area contributed by atoms with Gasteiger partial charge in [-0.2, -0.15) is 0 Å².